The van der Waals surface area contributed by atoms with E-state index in [0.29, 0.717) is 25.8 Å². The van der Waals surface area contributed by atoms with Crippen LogP contribution in [0.1, 0.15) is 200 Å². The third-order valence-electron chi connectivity index (χ3n) is 11.9. The summed E-state index contributed by atoms with van der Waals surface area (Å²) in [5.74, 6) is -11.8. The van der Waals surface area contributed by atoms with Crippen molar-refractivity contribution >= 4 is 64.9 Å². The van der Waals surface area contributed by atoms with Gasteiger partial charge in [0.05, 0.1) is 11.8 Å². The van der Waals surface area contributed by atoms with E-state index in [2.05, 4.69) is 16.0 Å². The maximum atomic E-state index is 12.7. The molecule has 67 heavy (non-hydrogen) atoms. The Balaban J connectivity index is 4.56. The molecule has 19 heteroatoms. The first kappa shape index (κ1) is 61.8. The summed E-state index contributed by atoms with van der Waals surface area (Å²) in [7, 11) is 0. The van der Waals surface area contributed by atoms with Gasteiger partial charge in [0.25, 0.3) is 0 Å². The Morgan fingerprint density at radius 1 is 0.388 bits per heavy atom. The van der Waals surface area contributed by atoms with E-state index in [4.69, 9.17) is 5.11 Å². The quantitative estimate of drug-likeness (QED) is 0.0306. The van der Waals surface area contributed by atoms with Gasteiger partial charge in [-0.15, -0.1) is 0 Å². The second-order valence-electron chi connectivity index (χ2n) is 17.8. The monoisotopic (exact) mass is 954 g/mol. The number of carboxylic acid groups (broad SMARTS) is 5. The van der Waals surface area contributed by atoms with Crippen LogP contribution in [0.15, 0.2) is 0 Å². The smallest absolute Gasteiger partial charge is 0.326 e. The first-order chi connectivity index (χ1) is 31.7. The molecule has 0 aromatic rings. The van der Waals surface area contributed by atoms with Crippen molar-refractivity contribution in [1.29, 1.82) is 0 Å². The number of carboxylic acids is 5. The van der Waals surface area contributed by atoms with Crippen LogP contribution in [0.4, 0.5) is 0 Å². The molecule has 0 heterocycles. The molecule has 19 nitrogen and oxygen atoms in total. The van der Waals surface area contributed by atoms with Gasteiger partial charge in [-0.05, 0) is 58.3 Å². The molecular weight excluding hydrogens is 875 g/mol. The van der Waals surface area contributed by atoms with Crippen molar-refractivity contribution in [3.63, 3.8) is 0 Å². The summed E-state index contributed by atoms with van der Waals surface area (Å²) in [5.41, 5.74) is 0. The normalized spacial score (nSPS) is 13.3. The molecule has 0 fully saturated rings. The van der Waals surface area contributed by atoms with E-state index in [0.717, 1.165) is 70.6 Å². The minimum Gasteiger partial charge on any atom is -0.481 e. The molecule has 0 rings (SSSR count). The number of amides is 3. The number of Topliss-reactive ketones (excluding diaryl/α,β-unsaturated/α-hetero) is 3. The average Bonchev–Trinajstić information content (AvgIpc) is 3.25. The van der Waals surface area contributed by atoms with Crippen LogP contribution >= 0.6 is 0 Å². The van der Waals surface area contributed by atoms with Gasteiger partial charge in [-0.3, -0.25) is 43.2 Å². The number of carbonyl (C=O) groups is 11. The van der Waals surface area contributed by atoms with Crippen LogP contribution in [0.2, 0.25) is 0 Å². The fourth-order valence-corrected chi connectivity index (χ4v) is 7.43. The highest BCUT2D eigenvalue weighted by molar-refractivity contribution is 5.88. The molecule has 0 saturated heterocycles. The topological polar surface area (TPSA) is 325 Å². The lowest BCUT2D eigenvalue weighted by Crippen LogP contribution is -2.41. The van der Waals surface area contributed by atoms with E-state index in [-0.39, 0.29) is 63.1 Å². The molecule has 0 aliphatic rings. The summed E-state index contributed by atoms with van der Waals surface area (Å²) in [5, 5.41) is 54.5. The number of rotatable bonds is 45. The van der Waals surface area contributed by atoms with Gasteiger partial charge in [-0.25, -0.2) is 9.59 Å². The fourth-order valence-electron chi connectivity index (χ4n) is 7.43. The maximum Gasteiger partial charge on any atom is 0.326 e. The van der Waals surface area contributed by atoms with E-state index in [9.17, 15) is 73.2 Å². The molecule has 0 radical (unpaired) electrons. The summed E-state index contributed by atoms with van der Waals surface area (Å²) < 4.78 is 0. The lowest BCUT2D eigenvalue weighted by atomic mass is 9.93. The average molecular weight is 954 g/mol. The van der Waals surface area contributed by atoms with Gasteiger partial charge < -0.3 is 41.5 Å². The Hall–Kier alpha value is -5.23. The lowest BCUT2D eigenvalue weighted by molar-refractivity contribution is -0.145. The first-order valence-electron chi connectivity index (χ1n) is 24.3. The van der Waals surface area contributed by atoms with Crippen LogP contribution < -0.4 is 16.0 Å². The van der Waals surface area contributed by atoms with E-state index in [1.807, 2.05) is 6.92 Å². The number of carbonyl (C=O) groups excluding carboxylic acids is 6. The van der Waals surface area contributed by atoms with Crippen LogP contribution in [-0.4, -0.2) is 109 Å². The highest BCUT2D eigenvalue weighted by atomic mass is 16.4. The van der Waals surface area contributed by atoms with Gasteiger partial charge in [0.1, 0.15) is 29.4 Å². The lowest BCUT2D eigenvalue weighted by Gasteiger charge is -2.17. The molecule has 5 atom stereocenters. The molecule has 0 aliphatic carbocycles. The van der Waals surface area contributed by atoms with Crippen molar-refractivity contribution in [2.75, 3.05) is 6.54 Å². The molecule has 0 saturated carbocycles. The van der Waals surface area contributed by atoms with Gasteiger partial charge >= 0.3 is 29.8 Å². The molecule has 0 aliphatic heterocycles. The molecule has 8 N–H and O–H groups in total. The standard InChI is InChI=1S/C48H79N3O16/c1-33(34(2)52)19-17-18-30-49-41(55)28-22-35(45(60)61)31-37(53)25-27-40(48(66)67)51-43(57)29-23-36(46(62)63)32-38(54)24-26-39(47(64)65)50-42(56)20-15-13-11-9-7-5-3-4-6-8-10-12-14-16-21-44(58)59/h33,35-36,39-40H,3-32H2,1-2H3,(H,49,55)(H,50,56)(H,51,57)(H,58,59)(H,60,61)(H,62,63)(H,64,65)(H,66,67)/t33-,35+,36+,39-,40-/m0/s1. The largest absolute Gasteiger partial charge is 0.481 e. The van der Waals surface area contributed by atoms with Crippen molar-refractivity contribution in [2.24, 2.45) is 17.8 Å². The van der Waals surface area contributed by atoms with Crippen molar-refractivity contribution in [3.05, 3.63) is 0 Å². The minimum atomic E-state index is -1.56. The zero-order valence-corrected chi connectivity index (χ0v) is 39.8. The van der Waals surface area contributed by atoms with Crippen LogP contribution in [0.25, 0.3) is 0 Å². The first-order valence-corrected chi connectivity index (χ1v) is 24.3. The summed E-state index contributed by atoms with van der Waals surface area (Å²) in [4.78, 5) is 132. The second kappa shape index (κ2) is 37.8. The van der Waals surface area contributed by atoms with Crippen LogP contribution in [0.3, 0.4) is 0 Å². The highest BCUT2D eigenvalue weighted by Gasteiger charge is 2.28. The summed E-state index contributed by atoms with van der Waals surface area (Å²) >= 11 is 0. The van der Waals surface area contributed by atoms with E-state index >= 15 is 0 Å². The van der Waals surface area contributed by atoms with Crippen molar-refractivity contribution in [1.82, 2.24) is 16.0 Å². The SMILES string of the molecule is CC(=O)[C@@H](C)CCCCNC(=O)CC[C@H](CC(=O)CC[C@H](NC(=O)CC[C@H](CC(=O)CC[C@H](NC(=O)CCCCCCCCCCCCCCCCC(=O)O)C(=O)O)C(=O)O)C(=O)O)C(=O)O. The molecular formula is C48H79N3O16. The highest BCUT2D eigenvalue weighted by Crippen LogP contribution is 2.18. The van der Waals surface area contributed by atoms with Crippen molar-refractivity contribution < 1.29 is 78.3 Å². The van der Waals surface area contributed by atoms with Crippen LogP contribution in [-0.2, 0) is 52.7 Å². The maximum absolute atomic E-state index is 12.7. The Morgan fingerprint density at radius 3 is 1.13 bits per heavy atom. The number of nitrogens with one attached hydrogen (secondary N) is 3. The van der Waals surface area contributed by atoms with Crippen molar-refractivity contribution in [3.8, 4) is 0 Å². The predicted octanol–water partition coefficient (Wildman–Crippen LogP) is 6.40. The Kier molecular flexibility index (Phi) is 34.9. The second-order valence-corrected chi connectivity index (χ2v) is 17.8. The molecule has 0 unspecified atom stereocenters. The fraction of sp³-hybridized carbons (Fsp3) is 0.771. The number of unbranched alkanes of at least 4 members (excludes halogenated alkanes) is 14. The Bertz CT molecular complexity index is 1580. The van der Waals surface area contributed by atoms with E-state index in [1.165, 1.54) is 26.2 Å². The zero-order chi connectivity index (χ0) is 50.6. The van der Waals surface area contributed by atoms with E-state index < -0.39 is 109 Å². The third-order valence-corrected chi connectivity index (χ3v) is 11.9. The molecule has 0 bridgehead atoms. The van der Waals surface area contributed by atoms with Gasteiger partial charge in [-0.1, -0.05) is 90.4 Å². The van der Waals surface area contributed by atoms with Crippen molar-refractivity contribution in [2.45, 2.75) is 212 Å². The number of hydrogen-bond donors (Lipinski definition) is 8. The minimum absolute atomic E-state index is 0.0709. The Morgan fingerprint density at radius 2 is 0.761 bits per heavy atom. The predicted molar refractivity (Wildman–Crippen MR) is 246 cm³/mol. The van der Waals surface area contributed by atoms with Gasteiger partial charge in [0.2, 0.25) is 17.7 Å². The van der Waals surface area contributed by atoms with Gasteiger partial charge in [0.15, 0.2) is 0 Å². The van der Waals surface area contributed by atoms with Crippen LogP contribution in [0.5, 0.6) is 0 Å². The summed E-state index contributed by atoms with van der Waals surface area (Å²) in [6, 6.07) is -2.92. The zero-order valence-electron chi connectivity index (χ0n) is 39.8. The number of aliphatic carboxylic acids is 5. The number of hydrogen-bond acceptors (Lipinski definition) is 11. The van der Waals surface area contributed by atoms with Gasteiger partial charge in [0, 0.05) is 63.8 Å². The van der Waals surface area contributed by atoms with Gasteiger partial charge in [-0.2, -0.15) is 0 Å². The molecule has 3 amide bonds. The Labute approximate surface area is 394 Å². The third kappa shape index (κ3) is 34.7. The summed E-state index contributed by atoms with van der Waals surface area (Å²) in [6.07, 6.45) is 13.1. The van der Waals surface area contributed by atoms with E-state index in [1.54, 1.807) is 0 Å². The summed E-state index contributed by atoms with van der Waals surface area (Å²) in [6.45, 7) is 3.69. The number of ketones is 3. The molecule has 382 valence electrons. The molecule has 0 aromatic carbocycles. The van der Waals surface area contributed by atoms with Crippen LogP contribution in [0, 0.1) is 17.8 Å². The molecule has 0 aromatic heterocycles. The molecule has 0 spiro atoms.